The number of aromatic nitrogens is 3. The molecule has 0 aliphatic carbocycles. The molecule has 4 aromatic rings. The van der Waals surface area contributed by atoms with Crippen molar-refractivity contribution < 1.29 is 21.6 Å². The van der Waals surface area contributed by atoms with Crippen molar-refractivity contribution in [2.45, 2.75) is 11.3 Å². The number of hydrogen-bond donors (Lipinski definition) is 1. The van der Waals surface area contributed by atoms with Crippen molar-refractivity contribution >= 4 is 31.6 Å². The number of rotatable bonds is 4. The molecule has 0 spiro atoms. The molecular weight excluding hydrogens is 413 g/mol. The van der Waals surface area contributed by atoms with Crippen molar-refractivity contribution in [3.63, 3.8) is 0 Å². The lowest BCUT2D eigenvalue weighted by molar-refractivity contribution is 0.145. The maximum Gasteiger partial charge on any atom is 0.282 e. The Labute approximate surface area is 161 Å². The number of primary sulfonamides is 1. The van der Waals surface area contributed by atoms with Crippen LogP contribution in [0.2, 0.25) is 0 Å². The van der Waals surface area contributed by atoms with Gasteiger partial charge in [0.05, 0.1) is 20.8 Å². The van der Waals surface area contributed by atoms with E-state index in [2.05, 4.69) is 10.1 Å². The van der Waals surface area contributed by atoms with E-state index in [1.165, 1.54) is 53.2 Å². The van der Waals surface area contributed by atoms with Crippen LogP contribution in [0.15, 0.2) is 53.4 Å². The predicted octanol–water partition coefficient (Wildman–Crippen LogP) is 3.87. The van der Waals surface area contributed by atoms with Gasteiger partial charge < -0.3 is 0 Å². The van der Waals surface area contributed by atoms with Gasteiger partial charge in [-0.05, 0) is 48.5 Å². The van der Waals surface area contributed by atoms with Gasteiger partial charge in [0.25, 0.3) is 6.43 Å². The molecule has 0 aliphatic rings. The zero-order valence-electron chi connectivity index (χ0n) is 13.9. The van der Waals surface area contributed by atoms with E-state index in [0.717, 1.165) is 11.3 Å². The van der Waals surface area contributed by atoms with Gasteiger partial charge in [-0.15, -0.1) is 11.3 Å². The van der Waals surface area contributed by atoms with E-state index in [9.17, 15) is 21.6 Å². The number of hydrogen-bond acceptors (Lipinski definition) is 5. The van der Waals surface area contributed by atoms with Crippen molar-refractivity contribution in [2.75, 3.05) is 0 Å². The summed E-state index contributed by atoms with van der Waals surface area (Å²) < 4.78 is 64.5. The second kappa shape index (κ2) is 6.69. The first-order valence-corrected chi connectivity index (χ1v) is 10.2. The number of nitrogens with zero attached hydrogens (tertiary/aromatic N) is 3. The minimum atomic E-state index is -3.89. The van der Waals surface area contributed by atoms with Crippen LogP contribution in [0, 0.1) is 5.82 Å². The predicted molar refractivity (Wildman–Crippen MR) is 98.5 cm³/mol. The fraction of sp³-hybridized carbons (Fsp3) is 0.0588. The summed E-state index contributed by atoms with van der Waals surface area (Å²) >= 11 is 1.13. The Balaban J connectivity index is 1.87. The van der Waals surface area contributed by atoms with Crippen LogP contribution in [0.3, 0.4) is 0 Å². The average molecular weight is 424 g/mol. The Morgan fingerprint density at radius 1 is 1.07 bits per heavy atom. The highest BCUT2D eigenvalue weighted by molar-refractivity contribution is 7.89. The van der Waals surface area contributed by atoms with Gasteiger partial charge in [0.2, 0.25) is 10.0 Å². The third kappa shape index (κ3) is 3.39. The summed E-state index contributed by atoms with van der Waals surface area (Å²) in [6.07, 6.45) is -2.81. The average Bonchev–Trinajstić information content (AvgIpc) is 3.24. The SMILES string of the molecule is NS(=O)(=O)c1ccc(-n2nc(C(F)F)cc2-c2nc3ccc(F)cc3s2)cc1. The number of alkyl halides is 2. The first kappa shape index (κ1) is 18.6. The molecule has 2 aromatic carbocycles. The fourth-order valence-electron chi connectivity index (χ4n) is 2.64. The largest absolute Gasteiger partial charge is 0.282 e. The lowest BCUT2D eigenvalue weighted by atomic mass is 10.3. The third-order valence-electron chi connectivity index (χ3n) is 3.93. The summed E-state index contributed by atoms with van der Waals surface area (Å²) in [7, 11) is -3.89. The van der Waals surface area contributed by atoms with Crippen LogP contribution in [-0.2, 0) is 10.0 Å². The molecule has 28 heavy (non-hydrogen) atoms. The van der Waals surface area contributed by atoms with Crippen LogP contribution in [-0.4, -0.2) is 23.2 Å². The van der Waals surface area contributed by atoms with E-state index < -0.39 is 28.0 Å². The minimum absolute atomic E-state index is 0.116. The van der Waals surface area contributed by atoms with Gasteiger partial charge in [-0.3, -0.25) is 0 Å². The van der Waals surface area contributed by atoms with E-state index in [0.29, 0.717) is 20.9 Å². The molecule has 0 aliphatic heterocycles. The van der Waals surface area contributed by atoms with Gasteiger partial charge >= 0.3 is 0 Å². The van der Waals surface area contributed by atoms with Crippen LogP contribution >= 0.6 is 11.3 Å². The molecule has 0 saturated carbocycles. The third-order valence-corrected chi connectivity index (χ3v) is 5.90. The highest BCUT2D eigenvalue weighted by Crippen LogP contribution is 2.34. The van der Waals surface area contributed by atoms with Crippen molar-refractivity contribution in [1.82, 2.24) is 14.8 Å². The molecular formula is C17H11F3N4O2S2. The Hall–Kier alpha value is -2.76. The lowest BCUT2D eigenvalue weighted by Crippen LogP contribution is -2.12. The highest BCUT2D eigenvalue weighted by Gasteiger charge is 2.20. The second-order valence-corrected chi connectivity index (χ2v) is 8.43. The molecule has 11 heteroatoms. The Morgan fingerprint density at radius 3 is 2.43 bits per heavy atom. The van der Waals surface area contributed by atoms with Crippen LogP contribution in [0.25, 0.3) is 26.6 Å². The van der Waals surface area contributed by atoms with Crippen LogP contribution in [0.4, 0.5) is 13.2 Å². The Kier molecular flexibility index (Phi) is 4.44. The molecule has 0 saturated heterocycles. The molecule has 0 atom stereocenters. The molecule has 0 unspecified atom stereocenters. The van der Waals surface area contributed by atoms with Gasteiger partial charge in [-0.1, -0.05) is 0 Å². The van der Waals surface area contributed by atoms with Crippen molar-refractivity contribution in [1.29, 1.82) is 0 Å². The summed E-state index contributed by atoms with van der Waals surface area (Å²) in [6.45, 7) is 0. The summed E-state index contributed by atoms with van der Waals surface area (Å²) in [5, 5.41) is 9.36. The number of thiazole rings is 1. The van der Waals surface area contributed by atoms with Gasteiger partial charge in [-0.2, -0.15) is 5.10 Å². The molecule has 2 N–H and O–H groups in total. The van der Waals surface area contributed by atoms with Crippen molar-refractivity contribution in [3.8, 4) is 16.4 Å². The Bertz CT molecular complexity index is 1280. The van der Waals surface area contributed by atoms with Gasteiger partial charge in [0.15, 0.2) is 0 Å². The summed E-state index contributed by atoms with van der Waals surface area (Å²) in [4.78, 5) is 4.25. The smallest absolute Gasteiger partial charge is 0.234 e. The molecule has 6 nitrogen and oxygen atoms in total. The Morgan fingerprint density at radius 2 is 1.79 bits per heavy atom. The van der Waals surface area contributed by atoms with Crippen molar-refractivity contribution in [2.24, 2.45) is 5.14 Å². The van der Waals surface area contributed by atoms with Crippen molar-refractivity contribution in [3.05, 3.63) is 60.0 Å². The fourth-order valence-corrected chi connectivity index (χ4v) is 4.15. The summed E-state index contributed by atoms with van der Waals surface area (Å²) in [5.74, 6) is -0.428. The maximum absolute atomic E-state index is 13.4. The molecule has 0 radical (unpaired) electrons. The zero-order valence-corrected chi connectivity index (χ0v) is 15.5. The minimum Gasteiger partial charge on any atom is -0.234 e. The second-order valence-electron chi connectivity index (χ2n) is 5.84. The number of nitrogens with two attached hydrogens (primary N) is 1. The molecule has 144 valence electrons. The van der Waals surface area contributed by atoms with E-state index in [-0.39, 0.29) is 10.6 Å². The number of halogens is 3. The first-order chi connectivity index (χ1) is 13.2. The van der Waals surface area contributed by atoms with Crippen LogP contribution in [0.1, 0.15) is 12.1 Å². The van der Waals surface area contributed by atoms with E-state index in [1.807, 2.05) is 0 Å². The summed E-state index contributed by atoms with van der Waals surface area (Å²) in [6, 6.07) is 10.6. The first-order valence-electron chi connectivity index (χ1n) is 7.80. The topological polar surface area (TPSA) is 90.9 Å². The maximum atomic E-state index is 13.4. The van der Waals surface area contributed by atoms with E-state index >= 15 is 0 Å². The molecule has 2 heterocycles. The quantitative estimate of drug-likeness (QED) is 0.538. The molecule has 4 rings (SSSR count). The number of fused-ring (bicyclic) bond motifs is 1. The van der Waals surface area contributed by atoms with Gasteiger partial charge in [0.1, 0.15) is 22.2 Å². The number of sulfonamides is 1. The number of benzene rings is 2. The van der Waals surface area contributed by atoms with Gasteiger partial charge in [-0.25, -0.2) is 36.4 Å². The van der Waals surface area contributed by atoms with Crippen LogP contribution in [0.5, 0.6) is 0 Å². The zero-order chi connectivity index (χ0) is 20.1. The monoisotopic (exact) mass is 424 g/mol. The lowest BCUT2D eigenvalue weighted by Gasteiger charge is -2.06. The van der Waals surface area contributed by atoms with E-state index in [1.54, 1.807) is 0 Å². The van der Waals surface area contributed by atoms with E-state index in [4.69, 9.17) is 5.14 Å². The molecule has 0 amide bonds. The normalized spacial score (nSPS) is 12.2. The standard InChI is InChI=1S/C17H11F3N4O2S2/c18-9-1-6-12-15(7-9)27-17(22-12)14-8-13(16(19)20)23-24(14)10-2-4-11(5-3-10)28(21,25)26/h1-8,16H,(H2,21,25,26). The van der Waals surface area contributed by atoms with Crippen LogP contribution < -0.4 is 5.14 Å². The molecule has 0 fully saturated rings. The molecule has 2 aromatic heterocycles. The summed E-state index contributed by atoms with van der Waals surface area (Å²) in [5.41, 5.74) is 0.688. The molecule has 0 bridgehead atoms. The highest BCUT2D eigenvalue weighted by atomic mass is 32.2. The van der Waals surface area contributed by atoms with Gasteiger partial charge in [0, 0.05) is 0 Å².